The third kappa shape index (κ3) is 3.90. The molecular weight excluding hydrogens is 257 g/mol. The number of hydrogen-bond donors (Lipinski definition) is 2. The maximum absolute atomic E-state index is 12.8. The number of amides is 1. The maximum atomic E-state index is 12.8. The van der Waals surface area contributed by atoms with Crippen molar-refractivity contribution in [3.8, 4) is 0 Å². The first kappa shape index (κ1) is 14.2. The summed E-state index contributed by atoms with van der Waals surface area (Å²) in [4.78, 5) is 11.8. The fraction of sp³-hybridized carbons (Fsp3) is 0.188. The molecule has 0 heterocycles. The van der Waals surface area contributed by atoms with E-state index in [1.165, 1.54) is 12.1 Å². The van der Waals surface area contributed by atoms with Crippen molar-refractivity contribution in [3.63, 3.8) is 0 Å². The lowest BCUT2D eigenvalue weighted by Crippen LogP contribution is -2.25. The third-order valence-corrected chi connectivity index (χ3v) is 2.99. The molecule has 4 heteroatoms. The zero-order chi connectivity index (χ0) is 14.4. The Labute approximate surface area is 117 Å². The number of carbonyl (C=O) groups is 1. The van der Waals surface area contributed by atoms with E-state index < -0.39 is 6.10 Å². The summed E-state index contributed by atoms with van der Waals surface area (Å²) < 4.78 is 12.8. The predicted octanol–water partition coefficient (Wildman–Crippen LogP) is 2.68. The van der Waals surface area contributed by atoms with Crippen LogP contribution in [-0.2, 0) is 0 Å². The molecule has 0 bridgehead atoms. The number of benzene rings is 2. The van der Waals surface area contributed by atoms with Gasteiger partial charge in [-0.15, -0.1) is 0 Å². The second-order valence-electron chi connectivity index (χ2n) is 4.48. The lowest BCUT2D eigenvalue weighted by Gasteiger charge is -2.11. The van der Waals surface area contributed by atoms with E-state index in [1.54, 1.807) is 36.4 Å². The van der Waals surface area contributed by atoms with Crippen molar-refractivity contribution in [3.05, 3.63) is 71.5 Å². The van der Waals surface area contributed by atoms with Crippen molar-refractivity contribution in [2.24, 2.45) is 0 Å². The summed E-state index contributed by atoms with van der Waals surface area (Å²) in [5.41, 5.74) is 1.23. The minimum atomic E-state index is -0.716. The lowest BCUT2D eigenvalue weighted by molar-refractivity contribution is 0.0942. The highest BCUT2D eigenvalue weighted by Gasteiger charge is 2.09. The average molecular weight is 273 g/mol. The van der Waals surface area contributed by atoms with Gasteiger partial charge in [0.25, 0.3) is 5.91 Å². The van der Waals surface area contributed by atoms with E-state index in [1.807, 2.05) is 6.07 Å². The van der Waals surface area contributed by atoms with Crippen LogP contribution in [0.1, 0.15) is 28.4 Å². The van der Waals surface area contributed by atoms with E-state index >= 15 is 0 Å². The minimum Gasteiger partial charge on any atom is -0.388 e. The van der Waals surface area contributed by atoms with Crippen LogP contribution in [0.4, 0.5) is 4.39 Å². The van der Waals surface area contributed by atoms with E-state index in [4.69, 9.17) is 0 Å². The summed E-state index contributed by atoms with van der Waals surface area (Å²) in [5, 5.41) is 12.7. The van der Waals surface area contributed by atoms with E-state index in [0.717, 1.165) is 0 Å². The van der Waals surface area contributed by atoms with Gasteiger partial charge in [0, 0.05) is 12.1 Å². The smallest absolute Gasteiger partial charge is 0.251 e. The molecule has 0 aliphatic carbocycles. The molecule has 0 saturated carbocycles. The fourth-order valence-electron chi connectivity index (χ4n) is 1.87. The molecule has 0 aliphatic rings. The van der Waals surface area contributed by atoms with Gasteiger partial charge >= 0.3 is 0 Å². The summed E-state index contributed by atoms with van der Waals surface area (Å²) in [6, 6.07) is 14.6. The number of aliphatic hydroxyl groups excluding tert-OH is 1. The first-order chi connectivity index (χ1) is 9.66. The molecule has 2 rings (SSSR count). The van der Waals surface area contributed by atoms with Crippen molar-refractivity contribution in [1.82, 2.24) is 5.32 Å². The SMILES string of the molecule is O=C(NCCC(O)c1ccc(F)cc1)c1ccccc1. The molecule has 2 N–H and O–H groups in total. The van der Waals surface area contributed by atoms with Crippen LogP contribution < -0.4 is 5.32 Å². The minimum absolute atomic E-state index is 0.170. The average Bonchev–Trinajstić information content (AvgIpc) is 2.48. The monoisotopic (exact) mass is 273 g/mol. The van der Waals surface area contributed by atoms with Gasteiger partial charge in [-0.2, -0.15) is 0 Å². The van der Waals surface area contributed by atoms with Crippen molar-refractivity contribution in [1.29, 1.82) is 0 Å². The van der Waals surface area contributed by atoms with Crippen LogP contribution in [0.25, 0.3) is 0 Å². The summed E-state index contributed by atoms with van der Waals surface area (Å²) >= 11 is 0. The summed E-state index contributed by atoms with van der Waals surface area (Å²) in [5.74, 6) is -0.504. The summed E-state index contributed by atoms with van der Waals surface area (Å²) in [6.45, 7) is 0.353. The standard InChI is InChI=1S/C16H16FNO2/c17-14-8-6-12(7-9-14)15(19)10-11-18-16(20)13-4-2-1-3-5-13/h1-9,15,19H,10-11H2,(H,18,20). The number of nitrogens with one attached hydrogen (secondary N) is 1. The van der Waals surface area contributed by atoms with Gasteiger partial charge in [0.2, 0.25) is 0 Å². The van der Waals surface area contributed by atoms with E-state index in [2.05, 4.69) is 5.32 Å². The van der Waals surface area contributed by atoms with Crippen molar-refractivity contribution < 1.29 is 14.3 Å². The maximum Gasteiger partial charge on any atom is 0.251 e. The molecule has 3 nitrogen and oxygen atoms in total. The molecule has 0 radical (unpaired) electrons. The van der Waals surface area contributed by atoms with E-state index in [9.17, 15) is 14.3 Å². The van der Waals surface area contributed by atoms with Crippen LogP contribution in [0.15, 0.2) is 54.6 Å². The predicted molar refractivity (Wildman–Crippen MR) is 74.8 cm³/mol. The molecule has 104 valence electrons. The molecule has 2 aromatic rings. The highest BCUT2D eigenvalue weighted by molar-refractivity contribution is 5.94. The molecule has 0 spiro atoms. The fourth-order valence-corrected chi connectivity index (χ4v) is 1.87. The summed E-state index contributed by atoms with van der Waals surface area (Å²) in [6.07, 6.45) is -0.337. The van der Waals surface area contributed by atoms with Crippen LogP contribution in [-0.4, -0.2) is 17.6 Å². The normalized spacial score (nSPS) is 11.9. The van der Waals surface area contributed by atoms with Crippen LogP contribution in [0.5, 0.6) is 0 Å². The molecular formula is C16H16FNO2. The Morgan fingerprint density at radius 1 is 1.10 bits per heavy atom. The quantitative estimate of drug-likeness (QED) is 0.880. The number of hydrogen-bond acceptors (Lipinski definition) is 2. The second-order valence-corrected chi connectivity index (χ2v) is 4.48. The van der Waals surface area contributed by atoms with Crippen LogP contribution in [0.2, 0.25) is 0 Å². The number of aliphatic hydroxyl groups is 1. The van der Waals surface area contributed by atoms with Crippen molar-refractivity contribution in [2.75, 3.05) is 6.54 Å². The zero-order valence-corrected chi connectivity index (χ0v) is 10.9. The van der Waals surface area contributed by atoms with E-state index in [-0.39, 0.29) is 11.7 Å². The molecule has 1 atom stereocenters. The van der Waals surface area contributed by atoms with Gasteiger partial charge in [0.15, 0.2) is 0 Å². The molecule has 0 aliphatic heterocycles. The van der Waals surface area contributed by atoms with Crippen LogP contribution in [0.3, 0.4) is 0 Å². The lowest BCUT2D eigenvalue weighted by atomic mass is 10.1. The first-order valence-corrected chi connectivity index (χ1v) is 6.43. The highest BCUT2D eigenvalue weighted by atomic mass is 19.1. The molecule has 0 saturated heterocycles. The van der Waals surface area contributed by atoms with Gasteiger partial charge in [-0.25, -0.2) is 4.39 Å². The number of rotatable bonds is 5. The summed E-state index contributed by atoms with van der Waals surface area (Å²) in [7, 11) is 0. The Morgan fingerprint density at radius 3 is 2.40 bits per heavy atom. The molecule has 2 aromatic carbocycles. The number of halogens is 1. The van der Waals surface area contributed by atoms with E-state index in [0.29, 0.717) is 24.1 Å². The number of carbonyl (C=O) groups excluding carboxylic acids is 1. The van der Waals surface area contributed by atoms with Crippen molar-refractivity contribution >= 4 is 5.91 Å². The molecule has 0 fully saturated rings. The van der Waals surface area contributed by atoms with Crippen LogP contribution in [0, 0.1) is 5.82 Å². The Morgan fingerprint density at radius 2 is 1.75 bits per heavy atom. The molecule has 1 amide bonds. The largest absolute Gasteiger partial charge is 0.388 e. The topological polar surface area (TPSA) is 49.3 Å². The van der Waals surface area contributed by atoms with Gasteiger partial charge in [-0.1, -0.05) is 30.3 Å². The van der Waals surface area contributed by atoms with Crippen molar-refractivity contribution in [2.45, 2.75) is 12.5 Å². The molecule has 1 unspecified atom stereocenters. The van der Waals surface area contributed by atoms with Gasteiger partial charge in [0.05, 0.1) is 6.10 Å². The first-order valence-electron chi connectivity index (χ1n) is 6.43. The molecule has 0 aromatic heterocycles. The van der Waals surface area contributed by atoms with Gasteiger partial charge in [0.1, 0.15) is 5.82 Å². The van der Waals surface area contributed by atoms with Gasteiger partial charge in [-0.3, -0.25) is 4.79 Å². The van der Waals surface area contributed by atoms with Gasteiger partial charge < -0.3 is 10.4 Å². The Balaban J connectivity index is 1.81. The highest BCUT2D eigenvalue weighted by Crippen LogP contribution is 2.16. The Bertz CT molecular complexity index is 554. The Hall–Kier alpha value is -2.20. The Kier molecular flexibility index (Phi) is 4.85. The molecule has 20 heavy (non-hydrogen) atoms. The van der Waals surface area contributed by atoms with Gasteiger partial charge in [-0.05, 0) is 36.2 Å². The van der Waals surface area contributed by atoms with Crippen LogP contribution >= 0.6 is 0 Å². The second kappa shape index (κ2) is 6.82. The third-order valence-electron chi connectivity index (χ3n) is 2.99. The zero-order valence-electron chi connectivity index (χ0n) is 10.9.